The molecule has 2 unspecified atom stereocenters. The average Bonchev–Trinajstić information content (AvgIpc) is 4.11. The zero-order chi connectivity index (χ0) is 44.5. The summed E-state index contributed by atoms with van der Waals surface area (Å²) in [4.78, 5) is 54.5. The fourth-order valence-electron chi connectivity index (χ4n) is 7.45. The third-order valence-electron chi connectivity index (χ3n) is 10.5. The standard InChI is InChI=1S/C31H38N14O16P2/c32-11-1-2-35-26-15(11)40-8-44(26)31-23(61-62(51,52)55-4-13-18(47)21(50)29(58-13)43-9-41-16-24(33)36-6-38-27(16)43)20(49)14(59-31)5-56-63(53,54)60-22-19(48)12(3-46)57-30(22)45-10-42-17-25(34)37-7-39-28(17)45/h1-2,6-10,12-14,18-23,29-31,46-50H,3-5H2,(H2,32,35)(H,51,52)(H,53,54)(H2,33,36,38)(H2,34,37,39)/t12-,13-,14-,18-,19-,20-,21-,22-,23-,29-,30-,31-/m1/s1. The van der Waals surface area contributed by atoms with Gasteiger partial charge >= 0.3 is 15.6 Å². The molecule has 3 aliphatic rings. The molecule has 0 bridgehead atoms. The van der Waals surface area contributed by atoms with Crippen LogP contribution in [0.1, 0.15) is 18.7 Å². The second-order valence-electron chi connectivity index (χ2n) is 14.4. The topological polar surface area (TPSA) is 436 Å². The number of imidazole rings is 3. The molecule has 0 amide bonds. The molecule has 3 fully saturated rings. The van der Waals surface area contributed by atoms with Crippen LogP contribution in [0.15, 0.2) is 43.9 Å². The fraction of sp³-hybridized carbons (Fsp3) is 0.484. The molecule has 6 aromatic rings. The van der Waals surface area contributed by atoms with Crippen molar-refractivity contribution in [3.8, 4) is 0 Å². The Morgan fingerprint density at radius 1 is 0.587 bits per heavy atom. The minimum absolute atomic E-state index is 0.00495. The van der Waals surface area contributed by atoms with Crippen molar-refractivity contribution < 1.29 is 76.8 Å². The minimum Gasteiger partial charge on any atom is -0.397 e. The van der Waals surface area contributed by atoms with Crippen molar-refractivity contribution in [1.82, 2.24) is 53.6 Å². The van der Waals surface area contributed by atoms with E-state index in [0.29, 0.717) is 0 Å². The first-order valence-corrected chi connectivity index (χ1v) is 21.6. The van der Waals surface area contributed by atoms with Crippen LogP contribution in [0.2, 0.25) is 0 Å². The highest BCUT2D eigenvalue weighted by molar-refractivity contribution is 7.47. The molecule has 30 nitrogen and oxygen atoms in total. The van der Waals surface area contributed by atoms with E-state index < -0.39 is 109 Å². The van der Waals surface area contributed by atoms with Crippen molar-refractivity contribution in [2.75, 3.05) is 37.0 Å². The monoisotopic (exact) mass is 924 g/mol. The van der Waals surface area contributed by atoms with Crippen LogP contribution in [0.4, 0.5) is 17.3 Å². The largest absolute Gasteiger partial charge is 0.472 e. The van der Waals surface area contributed by atoms with E-state index in [9.17, 15) is 44.4 Å². The van der Waals surface area contributed by atoms with Gasteiger partial charge in [0, 0.05) is 6.20 Å². The quantitative estimate of drug-likeness (QED) is 0.0486. The van der Waals surface area contributed by atoms with Crippen LogP contribution in [0.5, 0.6) is 0 Å². The Balaban J connectivity index is 0.913. The summed E-state index contributed by atoms with van der Waals surface area (Å²) in [6, 6.07) is 1.46. The van der Waals surface area contributed by atoms with E-state index in [1.165, 1.54) is 44.9 Å². The summed E-state index contributed by atoms with van der Waals surface area (Å²) in [5, 5.41) is 54.0. The molecule has 6 aromatic heterocycles. The lowest BCUT2D eigenvalue weighted by Crippen LogP contribution is -2.37. The molecular weight excluding hydrogens is 886 g/mol. The molecule has 3 aliphatic heterocycles. The summed E-state index contributed by atoms with van der Waals surface area (Å²) in [5.41, 5.74) is 18.9. The molecule has 13 N–H and O–H groups in total. The predicted octanol–water partition coefficient (Wildman–Crippen LogP) is -3.01. The maximum Gasteiger partial charge on any atom is 0.472 e. The van der Waals surface area contributed by atoms with Gasteiger partial charge in [-0.1, -0.05) is 0 Å². The number of fused-ring (bicyclic) bond motifs is 3. The van der Waals surface area contributed by atoms with Gasteiger partial charge in [0.05, 0.1) is 44.5 Å². The first kappa shape index (κ1) is 43.3. The Kier molecular flexibility index (Phi) is 11.4. The first-order chi connectivity index (χ1) is 30.1. The molecule has 0 saturated carbocycles. The van der Waals surface area contributed by atoms with Gasteiger partial charge < -0.3 is 66.7 Å². The van der Waals surface area contributed by atoms with Crippen LogP contribution >= 0.6 is 15.6 Å². The maximum absolute atomic E-state index is 13.6. The second kappa shape index (κ2) is 16.5. The van der Waals surface area contributed by atoms with E-state index >= 15 is 0 Å². The van der Waals surface area contributed by atoms with E-state index in [-0.39, 0.29) is 50.8 Å². The Morgan fingerprint density at radius 3 is 1.57 bits per heavy atom. The van der Waals surface area contributed by atoms with Crippen LogP contribution in [0, 0.1) is 0 Å². The number of nitrogens with two attached hydrogens (primary N) is 3. The lowest BCUT2D eigenvalue weighted by atomic mass is 10.1. The molecule has 3 saturated heterocycles. The highest BCUT2D eigenvalue weighted by Gasteiger charge is 2.53. The minimum atomic E-state index is -5.28. The first-order valence-electron chi connectivity index (χ1n) is 18.6. The lowest BCUT2D eigenvalue weighted by Gasteiger charge is -2.25. The van der Waals surface area contributed by atoms with Gasteiger partial charge in [0.1, 0.15) is 84.1 Å². The number of nitrogen functional groups attached to an aromatic ring is 3. The summed E-state index contributed by atoms with van der Waals surface area (Å²) in [6.07, 6.45) is -11.8. The maximum atomic E-state index is 13.6. The number of aliphatic hydroxyl groups is 5. The van der Waals surface area contributed by atoms with Crippen molar-refractivity contribution >= 4 is 66.5 Å². The van der Waals surface area contributed by atoms with Crippen molar-refractivity contribution in [1.29, 1.82) is 0 Å². The van der Waals surface area contributed by atoms with Gasteiger partial charge in [0.2, 0.25) is 0 Å². The number of pyridine rings is 1. The van der Waals surface area contributed by atoms with Gasteiger partial charge in [-0.25, -0.2) is 49.0 Å². The van der Waals surface area contributed by atoms with Gasteiger partial charge in [-0.2, -0.15) is 0 Å². The Morgan fingerprint density at radius 2 is 1.03 bits per heavy atom. The third kappa shape index (κ3) is 7.88. The van der Waals surface area contributed by atoms with Gasteiger partial charge in [0.15, 0.2) is 47.3 Å². The average molecular weight is 925 g/mol. The Labute approximate surface area is 351 Å². The van der Waals surface area contributed by atoms with Gasteiger partial charge in [0.25, 0.3) is 0 Å². The lowest BCUT2D eigenvalue weighted by molar-refractivity contribution is -0.0644. The number of hydrogen-bond acceptors (Lipinski definition) is 25. The number of nitrogens with zero attached hydrogens (tertiary/aromatic N) is 11. The SMILES string of the molecule is Nc1ncnc2c1ncn2[C@@H]1O[C@H](COP(=O)(O)O[C@@H]2[C@H](O)[C@@H](COP(=O)(O)O[C@@H]3[C@H](O)[C@@H](CO)O[C@H]3n3cnc4c(N)ncnc43)O[C@H]2n2cnc3c(N)ccnc32)[C@@H](O)[C@H]1O. The molecule has 0 aromatic carbocycles. The summed E-state index contributed by atoms with van der Waals surface area (Å²) < 4.78 is 69.6. The number of ether oxygens (including phenoxy) is 3. The highest BCUT2D eigenvalue weighted by atomic mass is 31.2. The van der Waals surface area contributed by atoms with E-state index in [4.69, 9.17) is 49.5 Å². The van der Waals surface area contributed by atoms with Crippen molar-refractivity contribution in [2.45, 2.75) is 73.6 Å². The van der Waals surface area contributed by atoms with Crippen molar-refractivity contribution in [3.05, 3.63) is 43.9 Å². The number of phosphoric acid groups is 2. The molecule has 9 rings (SSSR count). The van der Waals surface area contributed by atoms with E-state index in [0.717, 1.165) is 12.7 Å². The van der Waals surface area contributed by atoms with Crippen molar-refractivity contribution in [2.24, 2.45) is 0 Å². The number of rotatable bonds is 14. The highest BCUT2D eigenvalue weighted by Crippen LogP contribution is 2.53. The summed E-state index contributed by atoms with van der Waals surface area (Å²) in [7, 11) is -10.5. The second-order valence-corrected chi connectivity index (χ2v) is 17.2. The molecular formula is C31H38N14O16P2. The van der Waals surface area contributed by atoms with Gasteiger partial charge in [-0.15, -0.1) is 0 Å². The molecule has 0 radical (unpaired) electrons. The van der Waals surface area contributed by atoms with Gasteiger partial charge in [-0.05, 0) is 6.07 Å². The molecule has 338 valence electrons. The van der Waals surface area contributed by atoms with Crippen LogP contribution in [-0.2, 0) is 41.4 Å². The van der Waals surface area contributed by atoms with Crippen molar-refractivity contribution in [3.63, 3.8) is 0 Å². The zero-order valence-corrected chi connectivity index (χ0v) is 33.7. The number of aliphatic hydroxyl groups excluding tert-OH is 5. The summed E-state index contributed by atoms with van der Waals surface area (Å²) in [5.74, 6) is 0.0506. The van der Waals surface area contributed by atoms with E-state index in [1.807, 2.05) is 0 Å². The molecule has 9 heterocycles. The molecule has 63 heavy (non-hydrogen) atoms. The molecule has 0 spiro atoms. The zero-order valence-electron chi connectivity index (χ0n) is 31.9. The van der Waals surface area contributed by atoms with E-state index in [1.54, 1.807) is 0 Å². The smallest absolute Gasteiger partial charge is 0.397 e. The summed E-state index contributed by atoms with van der Waals surface area (Å²) >= 11 is 0. The molecule has 14 atom stereocenters. The molecule has 32 heteroatoms. The van der Waals surface area contributed by atoms with Gasteiger partial charge in [-0.3, -0.25) is 31.8 Å². The van der Waals surface area contributed by atoms with Crippen LogP contribution < -0.4 is 17.2 Å². The van der Waals surface area contributed by atoms with E-state index in [2.05, 4.69) is 39.9 Å². The van der Waals surface area contributed by atoms with Crippen LogP contribution in [0.25, 0.3) is 33.5 Å². The predicted molar refractivity (Wildman–Crippen MR) is 206 cm³/mol. The summed E-state index contributed by atoms with van der Waals surface area (Å²) in [6.45, 7) is -2.51. The van der Waals surface area contributed by atoms with Crippen LogP contribution in [0.3, 0.4) is 0 Å². The number of hydrogen-bond donors (Lipinski definition) is 10. The Hall–Kier alpha value is -4.98. The number of aromatic nitrogens is 11. The Bertz CT molecular complexity index is 2750. The number of anilines is 3. The number of phosphoric ester groups is 2. The normalized spacial score (nSPS) is 31.9. The van der Waals surface area contributed by atoms with Crippen LogP contribution in [-0.4, -0.2) is 164 Å². The molecule has 0 aliphatic carbocycles. The third-order valence-corrected chi connectivity index (χ3v) is 12.5. The fourth-order valence-corrected chi connectivity index (χ4v) is 9.32.